The first-order valence-electron chi connectivity index (χ1n) is 7.73. The van der Waals surface area contributed by atoms with Gasteiger partial charge in [0.05, 0.1) is 6.61 Å². The number of hydrogen-bond donors (Lipinski definition) is 1. The van der Waals surface area contributed by atoms with Crippen LogP contribution in [-0.2, 0) is 6.42 Å². The molecule has 1 aliphatic carbocycles. The molecule has 1 N–H and O–H groups in total. The second kappa shape index (κ2) is 6.95. The van der Waals surface area contributed by atoms with E-state index in [-0.39, 0.29) is 0 Å². The molecule has 2 rings (SSSR count). The maximum absolute atomic E-state index is 5.88. The van der Waals surface area contributed by atoms with E-state index in [2.05, 4.69) is 44.3 Å². The van der Waals surface area contributed by atoms with Crippen molar-refractivity contribution in [1.82, 2.24) is 5.32 Å². The van der Waals surface area contributed by atoms with Crippen LogP contribution in [0.2, 0.25) is 0 Å². The van der Waals surface area contributed by atoms with Gasteiger partial charge >= 0.3 is 0 Å². The molecular weight excluding hydrogens is 234 g/mol. The van der Waals surface area contributed by atoms with Crippen molar-refractivity contribution >= 4 is 0 Å². The zero-order valence-corrected chi connectivity index (χ0v) is 12.5. The lowest BCUT2D eigenvalue weighted by Crippen LogP contribution is -2.19. The maximum Gasteiger partial charge on any atom is 0.119 e. The molecule has 2 heteroatoms. The number of aryl methyl sites for hydroxylation is 1. The second-order valence-electron chi connectivity index (χ2n) is 5.73. The van der Waals surface area contributed by atoms with Crippen LogP contribution in [0, 0.1) is 5.92 Å². The topological polar surface area (TPSA) is 21.3 Å². The minimum Gasteiger partial charge on any atom is -0.493 e. The number of benzene rings is 1. The highest BCUT2D eigenvalue weighted by atomic mass is 16.5. The minimum absolute atomic E-state index is 0.554. The van der Waals surface area contributed by atoms with Crippen LogP contribution in [0.5, 0.6) is 5.75 Å². The Morgan fingerprint density at radius 1 is 1.37 bits per heavy atom. The van der Waals surface area contributed by atoms with Gasteiger partial charge in [-0.05, 0) is 55.0 Å². The molecule has 0 spiro atoms. The molecule has 1 aromatic rings. The van der Waals surface area contributed by atoms with Crippen molar-refractivity contribution in [1.29, 1.82) is 0 Å². The summed E-state index contributed by atoms with van der Waals surface area (Å²) in [5.41, 5.74) is 2.94. The molecular formula is C17H27NO. The summed E-state index contributed by atoms with van der Waals surface area (Å²) in [7, 11) is 0. The van der Waals surface area contributed by atoms with E-state index in [0.29, 0.717) is 12.0 Å². The van der Waals surface area contributed by atoms with Crippen LogP contribution in [0.25, 0.3) is 0 Å². The fourth-order valence-corrected chi connectivity index (χ4v) is 2.57. The van der Waals surface area contributed by atoms with Crippen LogP contribution in [0.1, 0.15) is 57.2 Å². The van der Waals surface area contributed by atoms with Crippen molar-refractivity contribution in [3.05, 3.63) is 29.3 Å². The Balaban J connectivity index is 1.97. The number of hydrogen-bond acceptors (Lipinski definition) is 2. The van der Waals surface area contributed by atoms with Gasteiger partial charge in [-0.1, -0.05) is 33.3 Å². The fourth-order valence-electron chi connectivity index (χ4n) is 2.57. The van der Waals surface area contributed by atoms with E-state index in [0.717, 1.165) is 18.9 Å². The smallest absolute Gasteiger partial charge is 0.119 e. The molecule has 106 valence electrons. The van der Waals surface area contributed by atoms with Crippen molar-refractivity contribution in [2.45, 2.75) is 52.5 Å². The van der Waals surface area contributed by atoms with E-state index in [1.165, 1.54) is 36.8 Å². The number of nitrogens with one attached hydrogen (secondary N) is 1. The standard InChI is InChI=1S/C17H27NO/c1-4-10-18-17-9-6-14-11-15(7-8-16(14)17)19-12-13(3)5-2/h7-8,11,13,17-18H,4-6,9-10,12H2,1-3H3. The third kappa shape index (κ3) is 3.73. The molecule has 0 aromatic heterocycles. The van der Waals surface area contributed by atoms with Gasteiger partial charge in [0.15, 0.2) is 0 Å². The third-order valence-corrected chi connectivity index (χ3v) is 4.06. The second-order valence-corrected chi connectivity index (χ2v) is 5.73. The van der Waals surface area contributed by atoms with Crippen molar-refractivity contribution in [2.75, 3.05) is 13.2 Å². The summed E-state index contributed by atoms with van der Waals surface area (Å²) in [6.45, 7) is 8.59. The summed E-state index contributed by atoms with van der Waals surface area (Å²) in [5, 5.41) is 3.63. The van der Waals surface area contributed by atoms with Gasteiger partial charge in [0.1, 0.15) is 5.75 Å². The van der Waals surface area contributed by atoms with Gasteiger partial charge in [-0.25, -0.2) is 0 Å². The Kier molecular flexibility index (Phi) is 5.26. The number of fused-ring (bicyclic) bond motifs is 1. The molecule has 0 radical (unpaired) electrons. The van der Waals surface area contributed by atoms with E-state index < -0.39 is 0 Å². The maximum atomic E-state index is 5.88. The Morgan fingerprint density at radius 2 is 2.21 bits per heavy atom. The highest BCUT2D eigenvalue weighted by Gasteiger charge is 2.21. The van der Waals surface area contributed by atoms with Crippen LogP contribution in [0.4, 0.5) is 0 Å². The van der Waals surface area contributed by atoms with E-state index in [9.17, 15) is 0 Å². The highest BCUT2D eigenvalue weighted by molar-refractivity contribution is 5.40. The van der Waals surface area contributed by atoms with Gasteiger partial charge in [0.25, 0.3) is 0 Å². The van der Waals surface area contributed by atoms with Crippen molar-refractivity contribution < 1.29 is 4.74 Å². The third-order valence-electron chi connectivity index (χ3n) is 4.06. The molecule has 0 aliphatic heterocycles. The lowest BCUT2D eigenvalue weighted by atomic mass is 10.1. The Labute approximate surface area is 117 Å². The Morgan fingerprint density at radius 3 is 2.95 bits per heavy atom. The first-order valence-corrected chi connectivity index (χ1v) is 7.73. The molecule has 1 aromatic carbocycles. The molecule has 19 heavy (non-hydrogen) atoms. The van der Waals surface area contributed by atoms with Gasteiger partial charge in [-0.3, -0.25) is 0 Å². The molecule has 2 nitrogen and oxygen atoms in total. The summed E-state index contributed by atoms with van der Waals surface area (Å²) in [5.74, 6) is 1.67. The zero-order chi connectivity index (χ0) is 13.7. The SMILES string of the molecule is CCCNC1CCc2cc(OCC(C)CC)ccc21. The summed E-state index contributed by atoms with van der Waals surface area (Å²) >= 11 is 0. The predicted molar refractivity (Wildman–Crippen MR) is 80.7 cm³/mol. The van der Waals surface area contributed by atoms with Crippen LogP contribution in [0.15, 0.2) is 18.2 Å². The van der Waals surface area contributed by atoms with Gasteiger partial charge in [0, 0.05) is 6.04 Å². The molecule has 0 heterocycles. The minimum atomic E-state index is 0.554. The fraction of sp³-hybridized carbons (Fsp3) is 0.647. The predicted octanol–water partition coefficient (Wildman–Crippen LogP) is 4.10. The summed E-state index contributed by atoms with van der Waals surface area (Å²) in [6, 6.07) is 7.18. The molecule has 0 amide bonds. The average molecular weight is 261 g/mol. The normalized spacial score (nSPS) is 19.2. The van der Waals surface area contributed by atoms with Gasteiger partial charge < -0.3 is 10.1 Å². The Bertz CT molecular complexity index is 402. The van der Waals surface area contributed by atoms with Crippen molar-refractivity contribution in [2.24, 2.45) is 5.92 Å². The molecule has 0 saturated carbocycles. The monoisotopic (exact) mass is 261 g/mol. The van der Waals surface area contributed by atoms with E-state index in [1.54, 1.807) is 0 Å². The van der Waals surface area contributed by atoms with Crippen molar-refractivity contribution in [3.8, 4) is 5.75 Å². The average Bonchev–Trinajstić information content (AvgIpc) is 2.84. The van der Waals surface area contributed by atoms with Crippen molar-refractivity contribution in [3.63, 3.8) is 0 Å². The summed E-state index contributed by atoms with van der Waals surface area (Å²) in [4.78, 5) is 0. The first kappa shape index (κ1) is 14.4. The van der Waals surface area contributed by atoms with Gasteiger partial charge in [0.2, 0.25) is 0 Å². The van der Waals surface area contributed by atoms with E-state index in [1.807, 2.05) is 0 Å². The van der Waals surface area contributed by atoms with Crippen LogP contribution < -0.4 is 10.1 Å². The molecule has 0 saturated heterocycles. The molecule has 1 aliphatic rings. The number of ether oxygens (including phenoxy) is 1. The van der Waals surface area contributed by atoms with Crippen LogP contribution in [-0.4, -0.2) is 13.2 Å². The molecule has 0 fully saturated rings. The summed E-state index contributed by atoms with van der Waals surface area (Å²) < 4.78 is 5.88. The quantitative estimate of drug-likeness (QED) is 0.798. The molecule has 2 unspecified atom stereocenters. The van der Waals surface area contributed by atoms with Gasteiger partial charge in [-0.15, -0.1) is 0 Å². The molecule has 2 atom stereocenters. The Hall–Kier alpha value is -1.02. The zero-order valence-electron chi connectivity index (χ0n) is 12.5. The lowest BCUT2D eigenvalue weighted by Gasteiger charge is -2.15. The largest absolute Gasteiger partial charge is 0.493 e. The lowest BCUT2D eigenvalue weighted by molar-refractivity contribution is 0.256. The summed E-state index contributed by atoms with van der Waals surface area (Å²) in [6.07, 6.45) is 4.78. The first-order chi connectivity index (χ1) is 9.24. The van der Waals surface area contributed by atoms with E-state index >= 15 is 0 Å². The van der Waals surface area contributed by atoms with Crippen LogP contribution in [0.3, 0.4) is 0 Å². The highest BCUT2D eigenvalue weighted by Crippen LogP contribution is 2.33. The van der Waals surface area contributed by atoms with Crippen LogP contribution >= 0.6 is 0 Å². The van der Waals surface area contributed by atoms with Gasteiger partial charge in [-0.2, -0.15) is 0 Å². The van der Waals surface area contributed by atoms with E-state index in [4.69, 9.17) is 4.74 Å². The molecule has 0 bridgehead atoms. The number of rotatable bonds is 7.